The van der Waals surface area contributed by atoms with Crippen molar-refractivity contribution in [1.82, 2.24) is 0 Å². The van der Waals surface area contributed by atoms with Crippen molar-refractivity contribution < 1.29 is 13.3 Å². The van der Waals surface area contributed by atoms with Crippen molar-refractivity contribution in [3.63, 3.8) is 0 Å². The summed E-state index contributed by atoms with van der Waals surface area (Å²) in [5, 5.41) is 8.69. The molecule has 0 atom stereocenters. The molecule has 0 amide bonds. The van der Waals surface area contributed by atoms with E-state index in [4.69, 9.17) is 13.3 Å². The van der Waals surface area contributed by atoms with E-state index in [1.807, 2.05) is 24.3 Å². The van der Waals surface area contributed by atoms with Crippen molar-refractivity contribution in [3.8, 4) is 33.4 Å². The third kappa shape index (κ3) is 5.27. The van der Waals surface area contributed by atoms with Gasteiger partial charge in [-0.25, -0.2) is 0 Å². The molecular formula is C58H35NO3. The highest BCUT2D eigenvalue weighted by Gasteiger charge is 2.25. The van der Waals surface area contributed by atoms with Gasteiger partial charge in [0.05, 0.1) is 11.1 Å². The van der Waals surface area contributed by atoms with Gasteiger partial charge in [-0.15, -0.1) is 0 Å². The van der Waals surface area contributed by atoms with Gasteiger partial charge in [0.1, 0.15) is 27.9 Å². The fraction of sp³-hybridized carbons (Fsp3) is 0. The van der Waals surface area contributed by atoms with E-state index in [0.717, 1.165) is 105 Å². The SMILES string of the molecule is c1ccc(-c2ccc(N(c3ccc(-c4cccc5ccccc45)cc3)c3ccc(-c4cccc5c4oc4c5ccc5oc6ccccc6c54)c4c3oc3ccccc34)cc2)cc1. The molecule has 3 aromatic heterocycles. The molecule has 13 rings (SSSR count). The Morgan fingerprint density at radius 3 is 1.65 bits per heavy atom. The Bertz CT molecular complexity index is 3850. The van der Waals surface area contributed by atoms with Crippen LogP contribution in [0.2, 0.25) is 0 Å². The summed E-state index contributed by atoms with van der Waals surface area (Å²) in [6, 6.07) is 74.9. The molecule has 0 saturated carbocycles. The van der Waals surface area contributed by atoms with E-state index in [1.54, 1.807) is 0 Å². The van der Waals surface area contributed by atoms with Crippen LogP contribution < -0.4 is 4.90 Å². The highest BCUT2D eigenvalue weighted by Crippen LogP contribution is 2.49. The number of hydrogen-bond acceptors (Lipinski definition) is 4. The lowest BCUT2D eigenvalue weighted by Crippen LogP contribution is -2.10. The van der Waals surface area contributed by atoms with Gasteiger partial charge < -0.3 is 18.2 Å². The third-order valence-electron chi connectivity index (χ3n) is 12.5. The number of para-hydroxylation sites is 3. The Morgan fingerprint density at radius 1 is 0.274 bits per heavy atom. The zero-order valence-electron chi connectivity index (χ0n) is 33.4. The van der Waals surface area contributed by atoms with Crippen LogP contribution in [-0.4, -0.2) is 0 Å². The van der Waals surface area contributed by atoms with E-state index in [1.165, 1.54) is 21.9 Å². The fourth-order valence-corrected chi connectivity index (χ4v) is 9.62. The normalized spacial score (nSPS) is 11.9. The minimum atomic E-state index is 0.797. The van der Waals surface area contributed by atoms with Crippen LogP contribution in [0.1, 0.15) is 0 Å². The number of hydrogen-bond donors (Lipinski definition) is 0. The second-order valence-electron chi connectivity index (χ2n) is 16.0. The molecule has 0 spiro atoms. The highest BCUT2D eigenvalue weighted by atomic mass is 16.3. The number of anilines is 3. The van der Waals surface area contributed by atoms with Gasteiger partial charge in [0, 0.05) is 43.9 Å². The van der Waals surface area contributed by atoms with Crippen LogP contribution in [0.4, 0.5) is 17.1 Å². The van der Waals surface area contributed by atoms with E-state index >= 15 is 0 Å². The summed E-state index contributed by atoms with van der Waals surface area (Å²) in [7, 11) is 0. The van der Waals surface area contributed by atoms with E-state index in [2.05, 4.69) is 193 Å². The predicted octanol–water partition coefficient (Wildman–Crippen LogP) is 17.0. The summed E-state index contributed by atoms with van der Waals surface area (Å²) in [5.41, 5.74) is 14.7. The maximum atomic E-state index is 6.99. The topological polar surface area (TPSA) is 42.7 Å². The second kappa shape index (κ2) is 13.6. The Morgan fingerprint density at radius 2 is 0.855 bits per heavy atom. The molecule has 290 valence electrons. The maximum Gasteiger partial charge on any atom is 0.160 e. The molecule has 10 aromatic carbocycles. The Labute approximate surface area is 356 Å². The first-order valence-electron chi connectivity index (χ1n) is 21.0. The standard InChI is InChI=1S/C58H35NO3/c1-2-12-36(13-3-1)37-24-28-40(29-25-37)59(41-30-26-39(27-31-41)43-19-10-15-38-14-4-5-16-42(38)43)50-34-32-44(54-48-17-6-9-23-52(48)61-58(50)54)45-20-11-21-46-47-33-35-53-55(57(47)62-56(45)46)49-18-7-8-22-51(49)60-53/h1-35H. The molecular weight excluding hydrogens is 759 g/mol. The first-order chi connectivity index (χ1) is 30.7. The molecule has 0 radical (unpaired) electrons. The fourth-order valence-electron chi connectivity index (χ4n) is 9.62. The van der Waals surface area contributed by atoms with Crippen LogP contribution in [0.15, 0.2) is 226 Å². The van der Waals surface area contributed by atoms with Crippen LogP contribution in [0, 0.1) is 0 Å². The molecule has 0 aliphatic carbocycles. The molecule has 0 saturated heterocycles. The summed E-state index contributed by atoms with van der Waals surface area (Å²) >= 11 is 0. The average Bonchev–Trinajstić information content (AvgIpc) is 4.04. The number of furan rings is 3. The van der Waals surface area contributed by atoms with E-state index in [0.29, 0.717) is 0 Å². The van der Waals surface area contributed by atoms with Crippen LogP contribution >= 0.6 is 0 Å². The molecule has 0 unspecified atom stereocenters. The molecule has 4 nitrogen and oxygen atoms in total. The molecule has 0 fully saturated rings. The zero-order chi connectivity index (χ0) is 40.7. The molecule has 0 bridgehead atoms. The smallest absolute Gasteiger partial charge is 0.160 e. The summed E-state index contributed by atoms with van der Waals surface area (Å²) < 4.78 is 20.3. The lowest BCUT2D eigenvalue weighted by atomic mass is 9.96. The first-order valence-corrected chi connectivity index (χ1v) is 21.0. The quantitative estimate of drug-likeness (QED) is 0.168. The van der Waals surface area contributed by atoms with Gasteiger partial charge in [0.25, 0.3) is 0 Å². The largest absolute Gasteiger partial charge is 0.456 e. The van der Waals surface area contributed by atoms with Crippen LogP contribution in [0.3, 0.4) is 0 Å². The van der Waals surface area contributed by atoms with Gasteiger partial charge in [-0.05, 0) is 93.2 Å². The van der Waals surface area contributed by atoms with Crippen molar-refractivity contribution in [2.75, 3.05) is 4.90 Å². The van der Waals surface area contributed by atoms with Gasteiger partial charge in [0.2, 0.25) is 0 Å². The summed E-state index contributed by atoms with van der Waals surface area (Å²) in [6.45, 7) is 0. The van der Waals surface area contributed by atoms with Gasteiger partial charge in [-0.3, -0.25) is 0 Å². The monoisotopic (exact) mass is 793 g/mol. The average molecular weight is 794 g/mol. The lowest BCUT2D eigenvalue weighted by molar-refractivity contribution is 0.663. The third-order valence-corrected chi connectivity index (χ3v) is 12.5. The summed E-state index contributed by atoms with van der Waals surface area (Å²) in [6.07, 6.45) is 0. The van der Waals surface area contributed by atoms with Crippen molar-refractivity contribution >= 4 is 93.7 Å². The number of nitrogens with zero attached hydrogens (tertiary/aromatic N) is 1. The molecule has 4 heteroatoms. The minimum absolute atomic E-state index is 0.797. The molecule has 0 aliphatic heterocycles. The van der Waals surface area contributed by atoms with Gasteiger partial charge >= 0.3 is 0 Å². The molecule has 3 heterocycles. The molecule has 0 aliphatic rings. The Kier molecular flexibility index (Phi) is 7.57. The Hall–Kier alpha value is -8.34. The number of benzene rings is 10. The molecule has 62 heavy (non-hydrogen) atoms. The van der Waals surface area contributed by atoms with Gasteiger partial charge in [-0.2, -0.15) is 0 Å². The van der Waals surface area contributed by atoms with E-state index < -0.39 is 0 Å². The minimum Gasteiger partial charge on any atom is -0.456 e. The molecule has 0 N–H and O–H groups in total. The van der Waals surface area contributed by atoms with E-state index in [-0.39, 0.29) is 0 Å². The second-order valence-corrected chi connectivity index (χ2v) is 16.0. The van der Waals surface area contributed by atoms with Crippen molar-refractivity contribution in [2.45, 2.75) is 0 Å². The zero-order valence-corrected chi connectivity index (χ0v) is 33.4. The molecule has 13 aromatic rings. The number of rotatable bonds is 6. The van der Waals surface area contributed by atoms with Crippen molar-refractivity contribution in [3.05, 3.63) is 212 Å². The maximum absolute atomic E-state index is 6.99. The van der Waals surface area contributed by atoms with Crippen molar-refractivity contribution in [1.29, 1.82) is 0 Å². The Balaban J connectivity index is 1.03. The van der Waals surface area contributed by atoms with E-state index in [9.17, 15) is 0 Å². The van der Waals surface area contributed by atoms with Crippen molar-refractivity contribution in [2.24, 2.45) is 0 Å². The summed E-state index contributed by atoms with van der Waals surface area (Å²) in [5.74, 6) is 0. The summed E-state index contributed by atoms with van der Waals surface area (Å²) in [4.78, 5) is 2.32. The van der Waals surface area contributed by atoms with Crippen LogP contribution in [0.5, 0.6) is 0 Å². The first kappa shape index (κ1) is 34.5. The van der Waals surface area contributed by atoms with Crippen LogP contribution in [-0.2, 0) is 0 Å². The van der Waals surface area contributed by atoms with Gasteiger partial charge in [0.15, 0.2) is 5.58 Å². The van der Waals surface area contributed by atoms with Gasteiger partial charge in [-0.1, -0.05) is 158 Å². The van der Waals surface area contributed by atoms with Crippen LogP contribution in [0.25, 0.3) is 110 Å². The highest BCUT2D eigenvalue weighted by molar-refractivity contribution is 6.25. The predicted molar refractivity (Wildman–Crippen MR) is 257 cm³/mol. The lowest BCUT2D eigenvalue weighted by Gasteiger charge is -2.26. The number of fused-ring (bicyclic) bond motifs is 11.